The van der Waals surface area contributed by atoms with E-state index >= 15 is 0 Å². The number of hydrogen-bond acceptors (Lipinski definition) is 3. The summed E-state index contributed by atoms with van der Waals surface area (Å²) in [6.45, 7) is 0.696. The first-order valence-corrected chi connectivity index (χ1v) is 9.60. The Labute approximate surface area is 171 Å². The minimum absolute atomic E-state index is 0.696. The lowest BCUT2D eigenvalue weighted by Crippen LogP contribution is -2.16. The third-order valence-electron chi connectivity index (χ3n) is 4.41. The van der Waals surface area contributed by atoms with Gasteiger partial charge in [-0.3, -0.25) is 5.01 Å². The molecule has 0 aliphatic heterocycles. The Bertz CT molecular complexity index is 1050. The van der Waals surface area contributed by atoms with Gasteiger partial charge < -0.3 is 4.74 Å². The van der Waals surface area contributed by atoms with E-state index in [9.17, 15) is 0 Å². The molecule has 4 rings (SSSR count). The topological polar surface area (TPSA) is 24.8 Å². The fourth-order valence-corrected chi connectivity index (χ4v) is 2.97. The lowest BCUT2D eigenvalue weighted by molar-refractivity contribution is 0.482. The monoisotopic (exact) mass is 378 g/mol. The summed E-state index contributed by atoms with van der Waals surface area (Å²) in [6.07, 6.45) is 1.87. The molecule has 0 bridgehead atoms. The van der Waals surface area contributed by atoms with Crippen molar-refractivity contribution >= 4 is 11.9 Å². The first-order chi connectivity index (χ1) is 14.4. The molecule has 0 unspecified atom stereocenters. The van der Waals surface area contributed by atoms with Crippen LogP contribution in [0.15, 0.2) is 120 Å². The lowest BCUT2D eigenvalue weighted by atomic mass is 10.2. The van der Waals surface area contributed by atoms with E-state index in [-0.39, 0.29) is 0 Å². The molecule has 0 N–H and O–H groups in total. The number of benzene rings is 4. The molecule has 0 heterocycles. The highest BCUT2D eigenvalue weighted by molar-refractivity contribution is 5.81. The normalized spacial score (nSPS) is 10.8. The van der Waals surface area contributed by atoms with E-state index in [1.165, 1.54) is 5.56 Å². The molecule has 3 heteroatoms. The molecule has 0 fully saturated rings. The van der Waals surface area contributed by atoms with Crippen LogP contribution in [0, 0.1) is 0 Å². The smallest absolute Gasteiger partial charge is 0.128 e. The summed E-state index contributed by atoms with van der Waals surface area (Å²) in [4.78, 5) is 0. The van der Waals surface area contributed by atoms with Gasteiger partial charge in [0.2, 0.25) is 0 Å². The van der Waals surface area contributed by atoms with Crippen LogP contribution in [-0.2, 0) is 6.54 Å². The minimum atomic E-state index is 0.696. The van der Waals surface area contributed by atoms with E-state index in [0.717, 1.165) is 22.7 Å². The Balaban J connectivity index is 1.54. The summed E-state index contributed by atoms with van der Waals surface area (Å²) in [6, 6.07) is 38.2. The second-order valence-corrected chi connectivity index (χ2v) is 6.61. The van der Waals surface area contributed by atoms with Crippen LogP contribution >= 0.6 is 0 Å². The summed E-state index contributed by atoms with van der Waals surface area (Å²) in [7, 11) is 0. The second kappa shape index (κ2) is 9.38. The largest absolute Gasteiger partial charge is 0.457 e. The maximum atomic E-state index is 5.93. The summed E-state index contributed by atoms with van der Waals surface area (Å²) in [5.74, 6) is 1.60. The van der Waals surface area contributed by atoms with Gasteiger partial charge in [0.15, 0.2) is 0 Å². The molecule has 0 radical (unpaired) electrons. The zero-order valence-electron chi connectivity index (χ0n) is 16.1. The van der Waals surface area contributed by atoms with Crippen LogP contribution < -0.4 is 9.75 Å². The van der Waals surface area contributed by atoms with Crippen LogP contribution in [0.25, 0.3) is 0 Å². The van der Waals surface area contributed by atoms with Crippen molar-refractivity contribution in [1.29, 1.82) is 0 Å². The molecule has 3 nitrogen and oxygen atoms in total. The molecule has 0 amide bonds. The average molecular weight is 378 g/mol. The van der Waals surface area contributed by atoms with Gasteiger partial charge in [-0.05, 0) is 47.5 Å². The number of hydrazone groups is 1. The van der Waals surface area contributed by atoms with E-state index in [4.69, 9.17) is 9.84 Å². The Morgan fingerprint density at radius 3 is 2.00 bits per heavy atom. The van der Waals surface area contributed by atoms with Gasteiger partial charge in [-0.15, -0.1) is 0 Å². The zero-order chi connectivity index (χ0) is 19.7. The number of hydrogen-bond donors (Lipinski definition) is 0. The van der Waals surface area contributed by atoms with Gasteiger partial charge in [-0.25, -0.2) is 0 Å². The summed E-state index contributed by atoms with van der Waals surface area (Å²) < 4.78 is 5.93. The van der Waals surface area contributed by atoms with Gasteiger partial charge in [0.05, 0.1) is 18.4 Å². The van der Waals surface area contributed by atoms with Gasteiger partial charge >= 0.3 is 0 Å². The molecule has 142 valence electrons. The standard InChI is InChI=1S/C26H22N2O/c1-4-11-22(12-5-1)21-28(24-14-6-2-7-15-24)27-20-23-13-10-18-26(19-23)29-25-16-8-3-9-17-25/h1-20H,21H2/b27-20-. The summed E-state index contributed by atoms with van der Waals surface area (Å²) in [5.41, 5.74) is 3.23. The molecule has 0 saturated heterocycles. The van der Waals surface area contributed by atoms with E-state index < -0.39 is 0 Å². The molecule has 0 aromatic heterocycles. The Morgan fingerprint density at radius 1 is 0.655 bits per heavy atom. The number of para-hydroxylation sites is 2. The van der Waals surface area contributed by atoms with Crippen molar-refractivity contribution in [2.24, 2.45) is 5.10 Å². The summed E-state index contributed by atoms with van der Waals surface area (Å²) in [5, 5.41) is 6.76. The molecule has 0 atom stereocenters. The Kier molecular flexibility index (Phi) is 5.99. The van der Waals surface area contributed by atoms with Crippen molar-refractivity contribution in [3.63, 3.8) is 0 Å². The van der Waals surface area contributed by atoms with E-state index in [1.54, 1.807) is 0 Å². The lowest BCUT2D eigenvalue weighted by Gasteiger charge is -2.19. The van der Waals surface area contributed by atoms with Crippen molar-refractivity contribution in [2.45, 2.75) is 6.54 Å². The van der Waals surface area contributed by atoms with Crippen LogP contribution in [0.5, 0.6) is 11.5 Å². The highest BCUT2D eigenvalue weighted by atomic mass is 16.5. The predicted octanol–water partition coefficient (Wildman–Crippen LogP) is 6.52. The first-order valence-electron chi connectivity index (χ1n) is 9.60. The van der Waals surface area contributed by atoms with E-state index in [2.05, 4.69) is 24.3 Å². The number of anilines is 1. The fraction of sp³-hybridized carbons (Fsp3) is 0.0385. The third kappa shape index (κ3) is 5.33. The predicted molar refractivity (Wildman–Crippen MR) is 120 cm³/mol. The molecule has 29 heavy (non-hydrogen) atoms. The van der Waals surface area contributed by atoms with Gasteiger partial charge in [0.1, 0.15) is 11.5 Å². The zero-order valence-corrected chi connectivity index (χ0v) is 16.1. The van der Waals surface area contributed by atoms with Crippen LogP contribution in [-0.4, -0.2) is 6.21 Å². The van der Waals surface area contributed by atoms with Crippen LogP contribution in [0.1, 0.15) is 11.1 Å². The van der Waals surface area contributed by atoms with Crippen LogP contribution in [0.2, 0.25) is 0 Å². The molecular formula is C26H22N2O. The molecule has 4 aromatic rings. The van der Waals surface area contributed by atoms with E-state index in [0.29, 0.717) is 6.54 Å². The highest BCUT2D eigenvalue weighted by Crippen LogP contribution is 2.22. The van der Waals surface area contributed by atoms with Gasteiger partial charge in [-0.1, -0.05) is 78.9 Å². The van der Waals surface area contributed by atoms with Crippen molar-refractivity contribution in [2.75, 3.05) is 5.01 Å². The van der Waals surface area contributed by atoms with Crippen molar-refractivity contribution in [3.8, 4) is 11.5 Å². The Hall–Kier alpha value is -3.85. The molecule has 0 aliphatic carbocycles. The average Bonchev–Trinajstić information content (AvgIpc) is 2.79. The number of ether oxygens (including phenoxy) is 1. The van der Waals surface area contributed by atoms with Crippen molar-refractivity contribution in [1.82, 2.24) is 0 Å². The second-order valence-electron chi connectivity index (χ2n) is 6.61. The SMILES string of the molecule is C(=N/N(Cc1ccccc1)c1ccccc1)/c1cccc(Oc2ccccc2)c1. The van der Waals surface area contributed by atoms with E-state index in [1.807, 2.05) is 102 Å². The highest BCUT2D eigenvalue weighted by Gasteiger charge is 2.05. The molecule has 4 aromatic carbocycles. The number of rotatable bonds is 7. The van der Waals surface area contributed by atoms with Crippen molar-refractivity contribution in [3.05, 3.63) is 126 Å². The number of nitrogens with zero attached hydrogens (tertiary/aromatic N) is 2. The maximum absolute atomic E-state index is 5.93. The van der Waals surface area contributed by atoms with Gasteiger partial charge in [0.25, 0.3) is 0 Å². The van der Waals surface area contributed by atoms with Crippen molar-refractivity contribution < 1.29 is 4.74 Å². The Morgan fingerprint density at radius 2 is 1.28 bits per heavy atom. The quantitative estimate of drug-likeness (QED) is 0.270. The summed E-state index contributed by atoms with van der Waals surface area (Å²) >= 11 is 0. The van der Waals surface area contributed by atoms with Gasteiger partial charge in [-0.2, -0.15) is 5.10 Å². The van der Waals surface area contributed by atoms with Gasteiger partial charge in [0, 0.05) is 0 Å². The molecule has 0 saturated carbocycles. The molecule has 0 aliphatic rings. The maximum Gasteiger partial charge on any atom is 0.128 e. The van der Waals surface area contributed by atoms with Crippen LogP contribution in [0.3, 0.4) is 0 Å². The molecule has 0 spiro atoms. The minimum Gasteiger partial charge on any atom is -0.457 e. The third-order valence-corrected chi connectivity index (χ3v) is 4.41. The first kappa shape index (κ1) is 18.5. The van der Waals surface area contributed by atoms with Crippen LogP contribution in [0.4, 0.5) is 5.69 Å². The molecular weight excluding hydrogens is 356 g/mol. The fourth-order valence-electron chi connectivity index (χ4n) is 2.97.